The molecule has 0 aliphatic rings. The van der Waals surface area contributed by atoms with Crippen LogP contribution in [-0.4, -0.2) is 23.9 Å². The fourth-order valence-electron chi connectivity index (χ4n) is 2.00. The van der Waals surface area contributed by atoms with Crippen LogP contribution in [0.2, 0.25) is 0 Å². The Labute approximate surface area is 125 Å². The van der Waals surface area contributed by atoms with Gasteiger partial charge in [0.05, 0.1) is 12.2 Å². The van der Waals surface area contributed by atoms with E-state index in [9.17, 15) is 4.79 Å². The highest BCUT2D eigenvalue weighted by molar-refractivity contribution is 6.12. The number of nitrogens with one attached hydrogen (secondary N) is 1. The molecule has 0 aliphatic carbocycles. The van der Waals surface area contributed by atoms with Gasteiger partial charge in [-0.3, -0.25) is 4.79 Å². The number of hydrogen-bond acceptors (Lipinski definition) is 4. The minimum Gasteiger partial charge on any atom is -0.494 e. The number of rotatable bonds is 7. The molecule has 1 heterocycles. The van der Waals surface area contributed by atoms with Gasteiger partial charge in [0.2, 0.25) is 0 Å². The summed E-state index contributed by atoms with van der Waals surface area (Å²) in [6.45, 7) is 5.39. The highest BCUT2D eigenvalue weighted by atomic mass is 16.5. The first-order chi connectivity index (χ1) is 10.3. The van der Waals surface area contributed by atoms with Crippen LogP contribution >= 0.6 is 0 Å². The van der Waals surface area contributed by atoms with E-state index in [2.05, 4.69) is 10.3 Å². The molecule has 0 radical (unpaired) electrons. The van der Waals surface area contributed by atoms with Crippen molar-refractivity contribution in [2.75, 3.05) is 18.5 Å². The lowest BCUT2D eigenvalue weighted by Gasteiger charge is -2.10. The van der Waals surface area contributed by atoms with Crippen LogP contribution in [0.3, 0.4) is 0 Å². The van der Waals surface area contributed by atoms with Crippen molar-refractivity contribution >= 4 is 11.6 Å². The molecule has 0 unspecified atom stereocenters. The SMILES string of the molecule is CCCOc1cccc(C(=O)c2cccnc2NCC)c1. The lowest BCUT2D eigenvalue weighted by Crippen LogP contribution is -2.09. The number of aromatic nitrogens is 1. The third-order valence-electron chi connectivity index (χ3n) is 2.97. The zero-order valence-electron chi connectivity index (χ0n) is 12.4. The van der Waals surface area contributed by atoms with E-state index >= 15 is 0 Å². The Morgan fingerprint density at radius 2 is 2.10 bits per heavy atom. The van der Waals surface area contributed by atoms with E-state index in [0.29, 0.717) is 23.6 Å². The largest absolute Gasteiger partial charge is 0.494 e. The van der Waals surface area contributed by atoms with E-state index in [1.165, 1.54) is 0 Å². The van der Waals surface area contributed by atoms with Gasteiger partial charge in [0.15, 0.2) is 5.78 Å². The first kappa shape index (κ1) is 15.0. The summed E-state index contributed by atoms with van der Waals surface area (Å²) in [5.41, 5.74) is 1.18. The van der Waals surface area contributed by atoms with Gasteiger partial charge in [0.1, 0.15) is 11.6 Å². The zero-order chi connectivity index (χ0) is 15.1. The topological polar surface area (TPSA) is 51.2 Å². The van der Waals surface area contributed by atoms with Crippen LogP contribution in [-0.2, 0) is 0 Å². The van der Waals surface area contributed by atoms with E-state index in [1.54, 1.807) is 30.5 Å². The molecule has 0 aliphatic heterocycles. The molecule has 0 bridgehead atoms. The lowest BCUT2D eigenvalue weighted by atomic mass is 10.0. The maximum Gasteiger partial charge on any atom is 0.196 e. The standard InChI is InChI=1S/C17H20N2O2/c1-3-11-21-14-8-5-7-13(12-14)16(20)15-9-6-10-19-17(15)18-4-2/h5-10,12H,3-4,11H2,1-2H3,(H,18,19). The minimum atomic E-state index is -0.0546. The third-order valence-corrected chi connectivity index (χ3v) is 2.97. The van der Waals surface area contributed by atoms with Crippen LogP contribution in [0.15, 0.2) is 42.6 Å². The predicted molar refractivity (Wildman–Crippen MR) is 84.1 cm³/mol. The van der Waals surface area contributed by atoms with E-state index in [-0.39, 0.29) is 5.78 Å². The predicted octanol–water partition coefficient (Wildman–Crippen LogP) is 3.53. The number of pyridine rings is 1. The molecule has 4 heteroatoms. The molecule has 0 fully saturated rings. The average Bonchev–Trinajstić information content (AvgIpc) is 2.53. The molecular formula is C17H20N2O2. The van der Waals surface area contributed by atoms with Crippen molar-refractivity contribution < 1.29 is 9.53 Å². The summed E-state index contributed by atoms with van der Waals surface area (Å²) in [4.78, 5) is 16.9. The molecule has 1 aromatic heterocycles. The summed E-state index contributed by atoms with van der Waals surface area (Å²) in [5.74, 6) is 1.28. The maximum absolute atomic E-state index is 12.6. The van der Waals surface area contributed by atoms with Gasteiger partial charge < -0.3 is 10.1 Å². The van der Waals surface area contributed by atoms with Gasteiger partial charge in [0.25, 0.3) is 0 Å². The number of nitrogens with zero attached hydrogens (tertiary/aromatic N) is 1. The van der Waals surface area contributed by atoms with Crippen LogP contribution in [0.1, 0.15) is 36.2 Å². The molecular weight excluding hydrogens is 264 g/mol. The highest BCUT2D eigenvalue weighted by Crippen LogP contribution is 2.20. The Balaban J connectivity index is 2.27. The summed E-state index contributed by atoms with van der Waals surface area (Å²) in [6, 6.07) is 10.8. The number of carbonyl (C=O) groups is 1. The Bertz CT molecular complexity index is 611. The molecule has 2 rings (SSSR count). The fourth-order valence-corrected chi connectivity index (χ4v) is 2.00. The molecule has 2 aromatic rings. The van der Waals surface area contributed by atoms with Crippen LogP contribution in [0.4, 0.5) is 5.82 Å². The van der Waals surface area contributed by atoms with Gasteiger partial charge >= 0.3 is 0 Å². The molecule has 21 heavy (non-hydrogen) atoms. The normalized spacial score (nSPS) is 10.2. The first-order valence-electron chi connectivity index (χ1n) is 7.22. The van der Waals surface area contributed by atoms with Crippen molar-refractivity contribution in [1.29, 1.82) is 0 Å². The molecule has 1 aromatic carbocycles. The van der Waals surface area contributed by atoms with Crippen LogP contribution < -0.4 is 10.1 Å². The Kier molecular flexibility index (Phi) is 5.32. The quantitative estimate of drug-likeness (QED) is 0.790. The Hall–Kier alpha value is -2.36. The first-order valence-corrected chi connectivity index (χ1v) is 7.22. The van der Waals surface area contributed by atoms with Crippen molar-refractivity contribution in [3.8, 4) is 5.75 Å². The summed E-state index contributed by atoms with van der Waals surface area (Å²) < 4.78 is 5.58. The smallest absolute Gasteiger partial charge is 0.196 e. The Morgan fingerprint density at radius 3 is 2.86 bits per heavy atom. The molecule has 110 valence electrons. The second-order valence-corrected chi connectivity index (χ2v) is 4.64. The molecule has 0 saturated heterocycles. The number of hydrogen-bond donors (Lipinski definition) is 1. The van der Waals surface area contributed by atoms with Crippen molar-refractivity contribution in [3.05, 3.63) is 53.7 Å². The molecule has 0 saturated carbocycles. The number of ether oxygens (including phenoxy) is 1. The van der Waals surface area contributed by atoms with Crippen molar-refractivity contribution in [2.24, 2.45) is 0 Å². The average molecular weight is 284 g/mol. The summed E-state index contributed by atoms with van der Waals surface area (Å²) >= 11 is 0. The van der Waals surface area contributed by atoms with Crippen LogP contribution in [0.5, 0.6) is 5.75 Å². The number of benzene rings is 1. The van der Waals surface area contributed by atoms with Crippen LogP contribution in [0.25, 0.3) is 0 Å². The number of anilines is 1. The van der Waals surface area contributed by atoms with E-state index in [1.807, 2.05) is 26.0 Å². The van der Waals surface area contributed by atoms with E-state index < -0.39 is 0 Å². The molecule has 0 spiro atoms. The van der Waals surface area contributed by atoms with Crippen molar-refractivity contribution in [3.63, 3.8) is 0 Å². The summed E-state index contributed by atoms with van der Waals surface area (Å²) in [7, 11) is 0. The van der Waals surface area contributed by atoms with Gasteiger partial charge in [-0.05, 0) is 37.6 Å². The summed E-state index contributed by atoms with van der Waals surface area (Å²) in [6.07, 6.45) is 2.61. The van der Waals surface area contributed by atoms with E-state index in [4.69, 9.17) is 4.74 Å². The Morgan fingerprint density at radius 1 is 1.24 bits per heavy atom. The number of ketones is 1. The van der Waals surface area contributed by atoms with Crippen molar-refractivity contribution in [2.45, 2.75) is 20.3 Å². The number of carbonyl (C=O) groups excluding carboxylic acids is 1. The monoisotopic (exact) mass is 284 g/mol. The van der Waals surface area contributed by atoms with Crippen molar-refractivity contribution in [1.82, 2.24) is 4.98 Å². The summed E-state index contributed by atoms with van der Waals surface area (Å²) in [5, 5.41) is 3.11. The molecule has 1 N–H and O–H groups in total. The van der Waals surface area contributed by atoms with Gasteiger partial charge in [-0.25, -0.2) is 4.98 Å². The van der Waals surface area contributed by atoms with E-state index in [0.717, 1.165) is 18.7 Å². The molecule has 0 amide bonds. The van der Waals surface area contributed by atoms with Gasteiger partial charge in [-0.2, -0.15) is 0 Å². The molecule has 4 nitrogen and oxygen atoms in total. The minimum absolute atomic E-state index is 0.0546. The second kappa shape index (κ2) is 7.43. The van der Waals surface area contributed by atoms with Gasteiger partial charge in [-0.1, -0.05) is 19.1 Å². The second-order valence-electron chi connectivity index (χ2n) is 4.64. The van der Waals surface area contributed by atoms with Gasteiger partial charge in [-0.15, -0.1) is 0 Å². The fraction of sp³-hybridized carbons (Fsp3) is 0.294. The van der Waals surface area contributed by atoms with Crippen LogP contribution in [0, 0.1) is 0 Å². The highest BCUT2D eigenvalue weighted by Gasteiger charge is 2.14. The third kappa shape index (κ3) is 3.81. The zero-order valence-corrected chi connectivity index (χ0v) is 12.4. The lowest BCUT2D eigenvalue weighted by molar-refractivity contribution is 0.103. The maximum atomic E-state index is 12.6. The van der Waals surface area contributed by atoms with Gasteiger partial charge in [0, 0.05) is 18.3 Å². The molecule has 0 atom stereocenters.